The number of methoxy groups -OCH3 is 1. The number of amides is 1. The molecule has 3 aromatic rings. The molecule has 0 fully saturated rings. The maximum absolute atomic E-state index is 13.0. The number of esters is 1. The summed E-state index contributed by atoms with van der Waals surface area (Å²) in [6.45, 7) is 3.68. The van der Waals surface area contributed by atoms with Gasteiger partial charge in [0.2, 0.25) is 0 Å². The van der Waals surface area contributed by atoms with Crippen molar-refractivity contribution in [1.82, 2.24) is 9.97 Å². The Bertz CT molecular complexity index is 1130. The lowest BCUT2D eigenvalue weighted by molar-refractivity contribution is -0.149. The van der Waals surface area contributed by atoms with E-state index in [2.05, 4.69) is 4.98 Å². The fourth-order valence-electron chi connectivity index (χ4n) is 3.58. The average molecular weight is 468 g/mol. The monoisotopic (exact) mass is 467 g/mol. The van der Waals surface area contributed by atoms with Gasteiger partial charge in [-0.15, -0.1) is 11.3 Å². The summed E-state index contributed by atoms with van der Waals surface area (Å²) in [5.41, 5.74) is 2.88. The summed E-state index contributed by atoms with van der Waals surface area (Å²) in [7, 11) is 1.54. The van der Waals surface area contributed by atoms with Gasteiger partial charge in [-0.3, -0.25) is 19.5 Å². The summed E-state index contributed by atoms with van der Waals surface area (Å²) in [6.07, 6.45) is 1.16. The van der Waals surface area contributed by atoms with Crippen LogP contribution in [0.25, 0.3) is 22.0 Å². The highest BCUT2D eigenvalue weighted by Gasteiger charge is 2.35. The number of ether oxygens (including phenoxy) is 3. The molecule has 2 unspecified atom stereocenters. The number of thiazole rings is 1. The van der Waals surface area contributed by atoms with Crippen molar-refractivity contribution in [3.63, 3.8) is 0 Å². The third-order valence-corrected chi connectivity index (χ3v) is 6.00. The van der Waals surface area contributed by atoms with E-state index in [1.807, 2.05) is 48.7 Å². The van der Waals surface area contributed by atoms with Gasteiger partial charge in [-0.2, -0.15) is 0 Å². The molecule has 1 amide bonds. The molecule has 1 aliphatic rings. The summed E-state index contributed by atoms with van der Waals surface area (Å²) in [5, 5.41) is 2.74. The van der Waals surface area contributed by atoms with Crippen LogP contribution in [0.1, 0.15) is 20.3 Å². The average Bonchev–Trinajstić information content (AvgIpc) is 3.31. The molecule has 0 saturated heterocycles. The van der Waals surface area contributed by atoms with E-state index in [1.54, 1.807) is 13.1 Å². The van der Waals surface area contributed by atoms with Crippen molar-refractivity contribution in [2.24, 2.45) is 0 Å². The SMILES string of the molecule is CCC1Oc2ccc(-c3csc(-c4ccccn4)n3)cc2N(CC(=O)OC(C)COC)C1=O. The van der Waals surface area contributed by atoms with Crippen LogP contribution in [0.5, 0.6) is 5.75 Å². The van der Waals surface area contributed by atoms with Crippen LogP contribution < -0.4 is 9.64 Å². The minimum absolute atomic E-state index is 0.209. The van der Waals surface area contributed by atoms with Crippen molar-refractivity contribution in [2.75, 3.05) is 25.2 Å². The van der Waals surface area contributed by atoms with Crippen LogP contribution in [0.15, 0.2) is 48.0 Å². The second-order valence-electron chi connectivity index (χ2n) is 7.63. The van der Waals surface area contributed by atoms with E-state index in [0.29, 0.717) is 17.9 Å². The van der Waals surface area contributed by atoms with Crippen LogP contribution in [0.2, 0.25) is 0 Å². The van der Waals surface area contributed by atoms with Gasteiger partial charge in [-0.05, 0) is 43.7 Å². The Morgan fingerprint density at radius 1 is 1.27 bits per heavy atom. The minimum Gasteiger partial charge on any atom is -0.478 e. The maximum Gasteiger partial charge on any atom is 0.326 e. The fourth-order valence-corrected chi connectivity index (χ4v) is 4.38. The maximum atomic E-state index is 13.0. The summed E-state index contributed by atoms with van der Waals surface area (Å²) in [4.78, 5) is 36.1. The van der Waals surface area contributed by atoms with Crippen LogP contribution >= 0.6 is 11.3 Å². The van der Waals surface area contributed by atoms with Gasteiger partial charge < -0.3 is 14.2 Å². The van der Waals surface area contributed by atoms with Crippen molar-refractivity contribution >= 4 is 28.9 Å². The van der Waals surface area contributed by atoms with Gasteiger partial charge in [0.1, 0.15) is 23.4 Å². The largest absolute Gasteiger partial charge is 0.478 e. The van der Waals surface area contributed by atoms with Gasteiger partial charge in [0.05, 0.1) is 23.7 Å². The quantitative estimate of drug-likeness (QED) is 0.463. The molecule has 0 spiro atoms. The highest BCUT2D eigenvalue weighted by atomic mass is 32.1. The van der Waals surface area contributed by atoms with Gasteiger partial charge in [0.15, 0.2) is 6.10 Å². The Balaban J connectivity index is 1.63. The predicted octanol–water partition coefficient (Wildman–Crippen LogP) is 3.95. The molecule has 0 aliphatic carbocycles. The lowest BCUT2D eigenvalue weighted by atomic mass is 10.1. The van der Waals surface area contributed by atoms with Gasteiger partial charge in [-0.1, -0.05) is 13.0 Å². The van der Waals surface area contributed by atoms with Crippen molar-refractivity contribution in [1.29, 1.82) is 0 Å². The van der Waals surface area contributed by atoms with Crippen molar-refractivity contribution in [3.8, 4) is 27.7 Å². The minimum atomic E-state index is -0.650. The molecule has 1 aromatic carbocycles. The molecular formula is C24H25N3O5S. The number of rotatable bonds is 8. The summed E-state index contributed by atoms with van der Waals surface area (Å²) in [6, 6.07) is 11.2. The van der Waals surface area contributed by atoms with E-state index < -0.39 is 18.2 Å². The molecule has 33 heavy (non-hydrogen) atoms. The van der Waals surface area contributed by atoms with Crippen LogP contribution in [-0.4, -0.2) is 54.3 Å². The van der Waals surface area contributed by atoms with E-state index in [-0.39, 0.29) is 19.1 Å². The molecule has 172 valence electrons. The van der Waals surface area contributed by atoms with Crippen molar-refractivity contribution < 1.29 is 23.8 Å². The highest BCUT2D eigenvalue weighted by molar-refractivity contribution is 7.13. The zero-order valence-electron chi connectivity index (χ0n) is 18.7. The molecule has 4 rings (SSSR count). The van der Waals surface area contributed by atoms with Crippen LogP contribution in [0, 0.1) is 0 Å². The zero-order valence-corrected chi connectivity index (χ0v) is 19.5. The van der Waals surface area contributed by atoms with Crippen LogP contribution in [0.3, 0.4) is 0 Å². The zero-order chi connectivity index (χ0) is 23.4. The highest BCUT2D eigenvalue weighted by Crippen LogP contribution is 2.39. The first-order valence-corrected chi connectivity index (χ1v) is 11.6. The third kappa shape index (κ3) is 5.04. The second-order valence-corrected chi connectivity index (χ2v) is 8.49. The number of aromatic nitrogens is 2. The van der Waals surface area contributed by atoms with E-state index in [4.69, 9.17) is 19.2 Å². The number of hydrogen-bond acceptors (Lipinski definition) is 8. The van der Waals surface area contributed by atoms with Gasteiger partial charge in [0, 0.05) is 24.3 Å². The molecule has 3 heterocycles. The molecule has 8 nitrogen and oxygen atoms in total. The molecule has 0 radical (unpaired) electrons. The third-order valence-electron chi connectivity index (χ3n) is 5.14. The molecule has 0 bridgehead atoms. The molecule has 1 aliphatic heterocycles. The molecule has 2 aromatic heterocycles. The Hall–Kier alpha value is -3.30. The van der Waals surface area contributed by atoms with Crippen molar-refractivity contribution in [2.45, 2.75) is 32.5 Å². The molecule has 0 N–H and O–H groups in total. The number of nitrogens with zero attached hydrogens (tertiary/aromatic N) is 3. The normalized spacial score (nSPS) is 16.2. The molecule has 9 heteroatoms. The Labute approximate surface area is 196 Å². The number of fused-ring (bicyclic) bond motifs is 1. The topological polar surface area (TPSA) is 90.9 Å². The number of anilines is 1. The smallest absolute Gasteiger partial charge is 0.326 e. The second kappa shape index (κ2) is 10.1. The van der Waals surface area contributed by atoms with Gasteiger partial charge in [-0.25, -0.2) is 4.98 Å². The standard InChI is InChI=1S/C24H25N3O5S/c1-4-20-24(29)27(12-22(28)31-15(2)13-30-3)19-11-16(8-9-21(19)32-20)18-14-33-23(26-18)17-7-5-6-10-25-17/h5-11,14-15,20H,4,12-13H2,1-3H3. The summed E-state index contributed by atoms with van der Waals surface area (Å²) in [5.74, 6) is -0.235. The van der Waals surface area contributed by atoms with Gasteiger partial charge in [0.25, 0.3) is 5.91 Å². The van der Waals surface area contributed by atoms with E-state index >= 15 is 0 Å². The molecule has 2 atom stereocenters. The summed E-state index contributed by atoms with van der Waals surface area (Å²) >= 11 is 1.49. The van der Waals surface area contributed by atoms with Crippen molar-refractivity contribution in [3.05, 3.63) is 48.0 Å². The number of carbonyl (C=O) groups excluding carboxylic acids is 2. The summed E-state index contributed by atoms with van der Waals surface area (Å²) < 4.78 is 16.3. The van der Waals surface area contributed by atoms with E-state index in [9.17, 15) is 9.59 Å². The number of carbonyl (C=O) groups is 2. The number of pyridine rings is 1. The first-order chi connectivity index (χ1) is 16.0. The number of benzene rings is 1. The van der Waals surface area contributed by atoms with Gasteiger partial charge >= 0.3 is 5.97 Å². The lowest BCUT2D eigenvalue weighted by Gasteiger charge is -2.34. The van der Waals surface area contributed by atoms with Crippen LogP contribution in [-0.2, 0) is 19.1 Å². The Morgan fingerprint density at radius 3 is 2.85 bits per heavy atom. The first kappa shape index (κ1) is 22.9. The Morgan fingerprint density at radius 2 is 2.12 bits per heavy atom. The van der Waals surface area contributed by atoms with Crippen LogP contribution in [0.4, 0.5) is 5.69 Å². The van der Waals surface area contributed by atoms with E-state index in [0.717, 1.165) is 22.0 Å². The molecular weight excluding hydrogens is 442 g/mol. The Kier molecular flexibility index (Phi) is 7.00. The predicted molar refractivity (Wildman–Crippen MR) is 125 cm³/mol. The lowest BCUT2D eigenvalue weighted by Crippen LogP contribution is -2.48. The number of hydrogen-bond donors (Lipinski definition) is 0. The van der Waals surface area contributed by atoms with E-state index in [1.165, 1.54) is 23.3 Å². The first-order valence-electron chi connectivity index (χ1n) is 10.7. The fraction of sp³-hybridized carbons (Fsp3) is 0.333. The molecule has 0 saturated carbocycles.